The van der Waals surface area contributed by atoms with Crippen molar-refractivity contribution in [2.24, 2.45) is 5.73 Å². The molecule has 1 aromatic carbocycles. The SMILES string of the molecule is C[C@@H]1CN(c2ccc(C#N)c3ncccc23)C[C@@H](CN2CCC(N)CC2)O1. The number of pyridine rings is 1. The van der Waals surface area contributed by atoms with Gasteiger partial charge in [-0.25, -0.2) is 0 Å². The van der Waals surface area contributed by atoms with Crippen molar-refractivity contribution in [3.63, 3.8) is 0 Å². The molecule has 27 heavy (non-hydrogen) atoms. The van der Waals surface area contributed by atoms with E-state index in [1.165, 1.54) is 0 Å². The summed E-state index contributed by atoms with van der Waals surface area (Å²) in [4.78, 5) is 9.31. The summed E-state index contributed by atoms with van der Waals surface area (Å²) in [6.45, 7) is 6.88. The van der Waals surface area contributed by atoms with E-state index in [1.54, 1.807) is 6.20 Å². The van der Waals surface area contributed by atoms with Gasteiger partial charge in [0.05, 0.1) is 23.3 Å². The molecule has 0 saturated carbocycles. The van der Waals surface area contributed by atoms with Crippen molar-refractivity contribution < 1.29 is 4.74 Å². The maximum absolute atomic E-state index is 9.38. The zero-order valence-electron chi connectivity index (χ0n) is 15.8. The standard InChI is InChI=1S/C21H27N5O/c1-15-12-26(14-18(27-15)13-25-9-6-17(23)7-10-25)20-5-4-16(11-22)21-19(20)3-2-8-24-21/h2-5,8,15,17-18H,6-7,9-10,12-14,23H2,1H3/t15-,18-/m1/s1. The largest absolute Gasteiger partial charge is 0.370 e. The number of nitrogens with two attached hydrogens (primary N) is 1. The summed E-state index contributed by atoms with van der Waals surface area (Å²) in [5, 5.41) is 10.4. The van der Waals surface area contributed by atoms with Crippen LogP contribution >= 0.6 is 0 Å². The lowest BCUT2D eigenvalue weighted by molar-refractivity contribution is -0.0348. The Morgan fingerprint density at radius 3 is 2.85 bits per heavy atom. The number of likely N-dealkylation sites (tertiary alicyclic amines) is 1. The first-order chi connectivity index (χ1) is 13.1. The van der Waals surface area contributed by atoms with Crippen LogP contribution in [0.5, 0.6) is 0 Å². The van der Waals surface area contributed by atoms with Crippen LogP contribution in [-0.4, -0.2) is 60.9 Å². The predicted molar refractivity (Wildman–Crippen MR) is 107 cm³/mol. The third-order valence-electron chi connectivity index (χ3n) is 5.63. The highest BCUT2D eigenvalue weighted by molar-refractivity contribution is 5.95. The van der Waals surface area contributed by atoms with Crippen molar-refractivity contribution in [1.82, 2.24) is 9.88 Å². The predicted octanol–water partition coefficient (Wildman–Crippen LogP) is 2.12. The van der Waals surface area contributed by atoms with Gasteiger partial charge in [-0.3, -0.25) is 4.98 Å². The molecule has 0 radical (unpaired) electrons. The number of anilines is 1. The molecule has 2 aliphatic heterocycles. The van der Waals surface area contributed by atoms with Crippen molar-refractivity contribution >= 4 is 16.6 Å². The van der Waals surface area contributed by atoms with Crippen LogP contribution in [0.1, 0.15) is 25.3 Å². The summed E-state index contributed by atoms with van der Waals surface area (Å²) in [6, 6.07) is 10.5. The van der Waals surface area contributed by atoms with Gasteiger partial charge in [-0.15, -0.1) is 0 Å². The smallest absolute Gasteiger partial charge is 0.101 e. The molecule has 6 nitrogen and oxygen atoms in total. The summed E-state index contributed by atoms with van der Waals surface area (Å²) in [5.74, 6) is 0. The molecule has 0 unspecified atom stereocenters. The molecule has 2 atom stereocenters. The fraction of sp³-hybridized carbons (Fsp3) is 0.524. The molecule has 6 heteroatoms. The third kappa shape index (κ3) is 3.91. The zero-order chi connectivity index (χ0) is 18.8. The van der Waals surface area contributed by atoms with Gasteiger partial charge in [0, 0.05) is 42.9 Å². The highest BCUT2D eigenvalue weighted by Gasteiger charge is 2.29. The van der Waals surface area contributed by atoms with E-state index in [4.69, 9.17) is 10.5 Å². The Hall–Kier alpha value is -2.20. The van der Waals surface area contributed by atoms with Crippen LogP contribution in [0.15, 0.2) is 30.5 Å². The minimum absolute atomic E-state index is 0.165. The minimum Gasteiger partial charge on any atom is -0.370 e. The molecule has 3 heterocycles. The van der Waals surface area contributed by atoms with Gasteiger partial charge in [0.1, 0.15) is 6.07 Å². The first-order valence-corrected chi connectivity index (χ1v) is 9.80. The van der Waals surface area contributed by atoms with Crippen molar-refractivity contribution in [2.45, 2.75) is 38.0 Å². The molecule has 0 spiro atoms. The topological polar surface area (TPSA) is 78.4 Å². The Bertz CT molecular complexity index is 840. The highest BCUT2D eigenvalue weighted by Crippen LogP contribution is 2.30. The van der Waals surface area contributed by atoms with Crippen molar-refractivity contribution in [2.75, 3.05) is 37.6 Å². The molecule has 4 rings (SSSR count). The van der Waals surface area contributed by atoms with Crippen molar-refractivity contribution in [1.29, 1.82) is 5.26 Å². The second kappa shape index (κ2) is 7.81. The molecule has 2 aromatic rings. The Balaban J connectivity index is 1.55. The molecule has 1 aromatic heterocycles. The van der Waals surface area contributed by atoms with Crippen LogP contribution in [0.3, 0.4) is 0 Å². The van der Waals surface area contributed by atoms with Crippen LogP contribution in [0, 0.1) is 11.3 Å². The van der Waals surface area contributed by atoms with Gasteiger partial charge in [-0.05, 0) is 57.1 Å². The van der Waals surface area contributed by atoms with Crippen LogP contribution in [0.2, 0.25) is 0 Å². The first-order valence-electron chi connectivity index (χ1n) is 9.80. The minimum atomic E-state index is 0.165. The van der Waals surface area contributed by atoms with Gasteiger partial charge in [0.15, 0.2) is 0 Å². The quantitative estimate of drug-likeness (QED) is 0.898. The summed E-state index contributed by atoms with van der Waals surface area (Å²) in [5.41, 5.74) is 8.57. The van der Waals surface area contributed by atoms with Crippen molar-refractivity contribution in [3.05, 3.63) is 36.0 Å². The number of nitriles is 1. The van der Waals surface area contributed by atoms with Crippen LogP contribution < -0.4 is 10.6 Å². The number of fused-ring (bicyclic) bond motifs is 1. The number of ether oxygens (including phenoxy) is 1. The highest BCUT2D eigenvalue weighted by atomic mass is 16.5. The van der Waals surface area contributed by atoms with Gasteiger partial charge < -0.3 is 20.3 Å². The van der Waals surface area contributed by atoms with Gasteiger partial charge in [0.25, 0.3) is 0 Å². The lowest BCUT2D eigenvalue weighted by Crippen LogP contribution is -2.52. The number of hydrogen-bond acceptors (Lipinski definition) is 6. The third-order valence-corrected chi connectivity index (χ3v) is 5.63. The van der Waals surface area contributed by atoms with Crippen LogP contribution in [0.25, 0.3) is 10.9 Å². The monoisotopic (exact) mass is 365 g/mol. The van der Waals surface area contributed by atoms with Gasteiger partial charge >= 0.3 is 0 Å². The number of piperidine rings is 1. The van der Waals surface area contributed by atoms with Crippen LogP contribution in [0.4, 0.5) is 5.69 Å². The number of rotatable bonds is 3. The van der Waals surface area contributed by atoms with Crippen molar-refractivity contribution in [3.8, 4) is 6.07 Å². The lowest BCUT2D eigenvalue weighted by Gasteiger charge is -2.41. The van der Waals surface area contributed by atoms with Gasteiger partial charge in [-0.1, -0.05) is 0 Å². The lowest BCUT2D eigenvalue weighted by atomic mass is 10.0. The van der Waals surface area contributed by atoms with E-state index in [-0.39, 0.29) is 12.2 Å². The normalized spacial score (nSPS) is 24.9. The Morgan fingerprint density at radius 2 is 2.07 bits per heavy atom. The number of hydrogen-bond donors (Lipinski definition) is 1. The summed E-state index contributed by atoms with van der Waals surface area (Å²) >= 11 is 0. The maximum Gasteiger partial charge on any atom is 0.101 e. The fourth-order valence-corrected chi connectivity index (χ4v) is 4.29. The molecule has 2 aliphatic rings. The molecule has 142 valence electrons. The van der Waals surface area contributed by atoms with E-state index < -0.39 is 0 Å². The Kier molecular flexibility index (Phi) is 5.26. The molecule has 2 saturated heterocycles. The number of nitrogens with zero attached hydrogens (tertiary/aromatic N) is 4. The average molecular weight is 365 g/mol. The number of aromatic nitrogens is 1. The molecule has 2 N–H and O–H groups in total. The summed E-state index contributed by atoms with van der Waals surface area (Å²) < 4.78 is 6.24. The van der Waals surface area contributed by atoms with Gasteiger partial charge in [0.2, 0.25) is 0 Å². The summed E-state index contributed by atoms with van der Waals surface area (Å²) in [6.07, 6.45) is 4.22. The van der Waals surface area contributed by atoms with E-state index in [0.29, 0.717) is 11.6 Å². The molecule has 0 bridgehead atoms. The number of benzene rings is 1. The van der Waals surface area contributed by atoms with E-state index in [1.807, 2.05) is 12.1 Å². The number of morpholine rings is 1. The molecular formula is C21H27N5O. The first kappa shape index (κ1) is 18.2. The molecule has 0 amide bonds. The second-order valence-electron chi connectivity index (χ2n) is 7.76. The van der Waals surface area contributed by atoms with E-state index in [9.17, 15) is 5.26 Å². The zero-order valence-corrected chi connectivity index (χ0v) is 15.8. The molecule has 2 fully saturated rings. The Morgan fingerprint density at radius 1 is 1.26 bits per heavy atom. The van der Waals surface area contributed by atoms with E-state index in [2.05, 4.69) is 39.9 Å². The summed E-state index contributed by atoms with van der Waals surface area (Å²) in [7, 11) is 0. The van der Waals surface area contributed by atoms with Gasteiger partial charge in [-0.2, -0.15) is 5.26 Å². The molecule has 0 aliphatic carbocycles. The average Bonchev–Trinajstić information content (AvgIpc) is 2.68. The maximum atomic E-state index is 9.38. The fourth-order valence-electron chi connectivity index (χ4n) is 4.29. The second-order valence-corrected chi connectivity index (χ2v) is 7.76. The molecular weight excluding hydrogens is 338 g/mol. The van der Waals surface area contributed by atoms with E-state index >= 15 is 0 Å². The van der Waals surface area contributed by atoms with E-state index in [0.717, 1.165) is 62.2 Å². The van der Waals surface area contributed by atoms with Crippen LogP contribution in [-0.2, 0) is 4.74 Å². The Labute approximate surface area is 160 Å².